The Kier molecular flexibility index (Phi) is 1.91. The molecular formula is C10H14N2O2. The van der Waals surface area contributed by atoms with E-state index in [1.54, 1.807) is 0 Å². The van der Waals surface area contributed by atoms with Gasteiger partial charge in [0.15, 0.2) is 0 Å². The summed E-state index contributed by atoms with van der Waals surface area (Å²) in [6, 6.07) is 2.35. The van der Waals surface area contributed by atoms with Crippen molar-refractivity contribution < 1.29 is 9.90 Å². The minimum Gasteiger partial charge on any atom is -0.465 e. The van der Waals surface area contributed by atoms with Crippen molar-refractivity contribution in [3.63, 3.8) is 0 Å². The number of fused-ring (bicyclic) bond motifs is 1. The van der Waals surface area contributed by atoms with Crippen LogP contribution in [0.3, 0.4) is 0 Å². The molecule has 0 aromatic heterocycles. The SMILES string of the molecule is CC1(C#N)C[C@H]2CN(C(=O)O)C[C@H]2C1. The number of hydrogen-bond donors (Lipinski definition) is 1. The molecule has 1 N–H and O–H groups in total. The zero-order valence-corrected chi connectivity index (χ0v) is 8.23. The number of amides is 1. The highest BCUT2D eigenvalue weighted by atomic mass is 16.4. The summed E-state index contributed by atoms with van der Waals surface area (Å²) in [6.07, 6.45) is 0.897. The Morgan fingerprint density at radius 3 is 2.36 bits per heavy atom. The van der Waals surface area contributed by atoms with Gasteiger partial charge in [0.05, 0.1) is 11.5 Å². The maximum atomic E-state index is 10.7. The van der Waals surface area contributed by atoms with Gasteiger partial charge in [-0.1, -0.05) is 0 Å². The summed E-state index contributed by atoms with van der Waals surface area (Å²) in [5.74, 6) is 0.825. The van der Waals surface area contributed by atoms with E-state index in [0.29, 0.717) is 24.9 Å². The quantitative estimate of drug-likeness (QED) is 0.636. The van der Waals surface area contributed by atoms with Crippen molar-refractivity contribution >= 4 is 6.09 Å². The third-order valence-corrected chi connectivity index (χ3v) is 3.54. The Bertz CT molecular complexity index is 294. The normalized spacial score (nSPS) is 40.7. The lowest BCUT2D eigenvalue weighted by molar-refractivity contribution is 0.150. The molecule has 2 fully saturated rings. The van der Waals surface area contributed by atoms with Gasteiger partial charge in [-0.15, -0.1) is 0 Å². The van der Waals surface area contributed by atoms with Gasteiger partial charge < -0.3 is 10.0 Å². The molecule has 1 amide bonds. The van der Waals surface area contributed by atoms with Gasteiger partial charge in [0.2, 0.25) is 0 Å². The minimum atomic E-state index is -0.821. The number of hydrogen-bond acceptors (Lipinski definition) is 2. The van der Waals surface area contributed by atoms with Crippen molar-refractivity contribution in [3.8, 4) is 6.07 Å². The number of nitriles is 1. The van der Waals surface area contributed by atoms with E-state index in [9.17, 15) is 4.79 Å². The number of rotatable bonds is 0. The number of likely N-dealkylation sites (tertiary alicyclic amines) is 1. The van der Waals surface area contributed by atoms with Crippen LogP contribution in [0.15, 0.2) is 0 Å². The molecule has 2 aliphatic rings. The predicted molar refractivity (Wildman–Crippen MR) is 49.5 cm³/mol. The second-order valence-corrected chi connectivity index (χ2v) is 4.79. The van der Waals surface area contributed by atoms with Gasteiger partial charge in [-0.05, 0) is 31.6 Å². The zero-order valence-electron chi connectivity index (χ0n) is 8.23. The first-order chi connectivity index (χ1) is 6.54. The van der Waals surface area contributed by atoms with E-state index < -0.39 is 6.09 Å². The minimum absolute atomic E-state index is 0.208. The van der Waals surface area contributed by atoms with Gasteiger partial charge >= 0.3 is 6.09 Å². The van der Waals surface area contributed by atoms with Crippen LogP contribution in [0.5, 0.6) is 0 Å². The average Bonchev–Trinajstić information content (AvgIpc) is 2.59. The molecule has 1 saturated heterocycles. The van der Waals surface area contributed by atoms with Crippen LogP contribution in [0.25, 0.3) is 0 Å². The molecule has 0 aromatic rings. The molecule has 0 aromatic carbocycles. The molecule has 14 heavy (non-hydrogen) atoms. The Morgan fingerprint density at radius 1 is 1.50 bits per heavy atom. The summed E-state index contributed by atoms with van der Waals surface area (Å²) < 4.78 is 0. The summed E-state index contributed by atoms with van der Waals surface area (Å²) in [5.41, 5.74) is -0.208. The largest absolute Gasteiger partial charge is 0.465 e. The number of carbonyl (C=O) groups is 1. The van der Waals surface area contributed by atoms with Crippen molar-refractivity contribution in [1.82, 2.24) is 4.90 Å². The third-order valence-electron chi connectivity index (χ3n) is 3.54. The fraction of sp³-hybridized carbons (Fsp3) is 0.800. The third kappa shape index (κ3) is 1.33. The van der Waals surface area contributed by atoms with Crippen LogP contribution < -0.4 is 0 Å². The van der Waals surface area contributed by atoms with Crippen LogP contribution in [0.1, 0.15) is 19.8 Å². The number of carboxylic acid groups (broad SMARTS) is 1. The van der Waals surface area contributed by atoms with Gasteiger partial charge in [0, 0.05) is 13.1 Å². The van der Waals surface area contributed by atoms with Crippen LogP contribution in [-0.2, 0) is 0 Å². The van der Waals surface area contributed by atoms with Crippen molar-refractivity contribution in [1.29, 1.82) is 5.26 Å². The first-order valence-corrected chi connectivity index (χ1v) is 4.93. The van der Waals surface area contributed by atoms with E-state index in [-0.39, 0.29) is 5.41 Å². The fourth-order valence-corrected chi connectivity index (χ4v) is 2.89. The highest BCUT2D eigenvalue weighted by molar-refractivity contribution is 5.65. The lowest BCUT2D eigenvalue weighted by Crippen LogP contribution is -2.29. The first kappa shape index (κ1) is 9.32. The van der Waals surface area contributed by atoms with Gasteiger partial charge in [0.1, 0.15) is 0 Å². The van der Waals surface area contributed by atoms with Crippen molar-refractivity contribution in [3.05, 3.63) is 0 Å². The summed E-state index contributed by atoms with van der Waals surface area (Å²) in [6.45, 7) is 3.23. The fourth-order valence-electron chi connectivity index (χ4n) is 2.89. The predicted octanol–water partition coefficient (Wildman–Crippen LogP) is 1.54. The lowest BCUT2D eigenvalue weighted by atomic mass is 9.89. The van der Waals surface area contributed by atoms with Gasteiger partial charge in [0.25, 0.3) is 0 Å². The molecule has 4 nitrogen and oxygen atoms in total. The van der Waals surface area contributed by atoms with E-state index in [0.717, 1.165) is 12.8 Å². The molecule has 76 valence electrons. The molecule has 2 rings (SSSR count). The lowest BCUT2D eigenvalue weighted by Gasteiger charge is -2.18. The van der Waals surface area contributed by atoms with Gasteiger partial charge in [-0.3, -0.25) is 0 Å². The van der Waals surface area contributed by atoms with Crippen LogP contribution >= 0.6 is 0 Å². The van der Waals surface area contributed by atoms with Crippen molar-refractivity contribution in [2.24, 2.45) is 17.3 Å². The van der Waals surface area contributed by atoms with Crippen LogP contribution in [-0.4, -0.2) is 29.2 Å². The topological polar surface area (TPSA) is 64.3 Å². The zero-order chi connectivity index (χ0) is 10.3. The van der Waals surface area contributed by atoms with E-state index in [4.69, 9.17) is 10.4 Å². The molecule has 3 atom stereocenters. The monoisotopic (exact) mass is 194 g/mol. The Morgan fingerprint density at radius 2 is 2.00 bits per heavy atom. The summed E-state index contributed by atoms with van der Waals surface area (Å²) >= 11 is 0. The Balaban J connectivity index is 2.04. The molecule has 1 aliphatic heterocycles. The second-order valence-electron chi connectivity index (χ2n) is 4.79. The average molecular weight is 194 g/mol. The Labute approximate surface area is 83.1 Å². The van der Waals surface area contributed by atoms with Crippen molar-refractivity contribution in [2.45, 2.75) is 19.8 Å². The van der Waals surface area contributed by atoms with Gasteiger partial charge in [-0.2, -0.15) is 5.26 Å². The maximum Gasteiger partial charge on any atom is 0.407 e. The molecule has 1 saturated carbocycles. The maximum absolute atomic E-state index is 10.7. The highest BCUT2D eigenvalue weighted by Crippen LogP contribution is 2.48. The standard InChI is InChI=1S/C10H14N2O2/c1-10(6-11)2-7-4-12(9(13)14)5-8(7)3-10/h7-8H,2-5H2,1H3,(H,13,14)/t7-,8+,10?. The van der Waals surface area contributed by atoms with Crippen LogP contribution in [0, 0.1) is 28.6 Å². The van der Waals surface area contributed by atoms with Crippen molar-refractivity contribution in [2.75, 3.05) is 13.1 Å². The number of nitrogens with zero attached hydrogens (tertiary/aromatic N) is 2. The summed E-state index contributed by atoms with van der Waals surface area (Å²) in [5, 5.41) is 17.8. The molecule has 1 aliphatic carbocycles. The molecular weight excluding hydrogens is 180 g/mol. The van der Waals surface area contributed by atoms with E-state index in [1.807, 2.05) is 6.92 Å². The molecule has 0 spiro atoms. The van der Waals surface area contributed by atoms with Crippen LogP contribution in [0.2, 0.25) is 0 Å². The molecule has 1 heterocycles. The molecule has 0 bridgehead atoms. The van der Waals surface area contributed by atoms with Gasteiger partial charge in [-0.25, -0.2) is 4.79 Å². The molecule has 0 radical (unpaired) electrons. The first-order valence-electron chi connectivity index (χ1n) is 4.93. The van der Waals surface area contributed by atoms with E-state index in [1.165, 1.54) is 4.90 Å². The Hall–Kier alpha value is -1.24. The molecule has 1 unspecified atom stereocenters. The van der Waals surface area contributed by atoms with E-state index in [2.05, 4.69) is 6.07 Å². The highest BCUT2D eigenvalue weighted by Gasteiger charge is 2.47. The second kappa shape index (κ2) is 2.88. The molecule has 4 heteroatoms. The van der Waals surface area contributed by atoms with E-state index >= 15 is 0 Å². The summed E-state index contributed by atoms with van der Waals surface area (Å²) in [7, 11) is 0. The van der Waals surface area contributed by atoms with Crippen LogP contribution in [0.4, 0.5) is 4.79 Å². The smallest absolute Gasteiger partial charge is 0.407 e. The summed E-state index contributed by atoms with van der Waals surface area (Å²) in [4.78, 5) is 12.2.